The molecule has 22 heavy (non-hydrogen) atoms. The first kappa shape index (κ1) is 14.3. The molecule has 1 heterocycles. The molecule has 1 aromatic carbocycles. The van der Waals surface area contributed by atoms with Gasteiger partial charge in [-0.3, -0.25) is 4.79 Å². The summed E-state index contributed by atoms with van der Waals surface area (Å²) < 4.78 is 4.88. The standard InChI is InChI=1S/C12H13NO3.C6H4/c1-9(14)13-11(8-16-12(13)15)7-10-5-3-2-4-6-10;1-2-5-4-6(5)3-1/h2-6,11H,7-8H2,1H3;1-4H/t11-;/m1./s1. The lowest BCUT2D eigenvalue weighted by molar-refractivity contribution is -0.126. The lowest BCUT2D eigenvalue weighted by Gasteiger charge is -2.17. The van der Waals surface area contributed by atoms with Crippen molar-refractivity contribution in [2.24, 2.45) is 0 Å². The third kappa shape index (κ3) is 3.17. The largest absolute Gasteiger partial charge is 0.447 e. The van der Waals surface area contributed by atoms with Gasteiger partial charge >= 0.3 is 6.09 Å². The first-order chi connectivity index (χ1) is 10.6. The molecule has 0 spiro atoms. The van der Waals surface area contributed by atoms with E-state index in [-0.39, 0.29) is 18.6 Å². The van der Waals surface area contributed by atoms with Gasteiger partial charge in [0.05, 0.1) is 6.04 Å². The first-order valence-corrected chi connectivity index (χ1v) is 7.26. The maximum absolute atomic E-state index is 11.3. The van der Waals surface area contributed by atoms with E-state index in [2.05, 4.69) is 24.3 Å². The van der Waals surface area contributed by atoms with E-state index in [1.165, 1.54) is 23.0 Å². The van der Waals surface area contributed by atoms with Crippen molar-refractivity contribution in [1.82, 2.24) is 4.90 Å². The van der Waals surface area contributed by atoms with Crippen LogP contribution >= 0.6 is 0 Å². The number of carbonyl (C=O) groups is 2. The van der Waals surface area contributed by atoms with Gasteiger partial charge < -0.3 is 4.74 Å². The van der Waals surface area contributed by atoms with Gasteiger partial charge in [-0.05, 0) is 29.2 Å². The number of ether oxygens (including phenoxy) is 1. The van der Waals surface area contributed by atoms with Crippen molar-refractivity contribution in [2.75, 3.05) is 6.61 Å². The molecule has 4 heteroatoms. The van der Waals surface area contributed by atoms with E-state index >= 15 is 0 Å². The molecule has 0 unspecified atom stereocenters. The summed E-state index contributed by atoms with van der Waals surface area (Å²) in [7, 11) is 0. The van der Waals surface area contributed by atoms with Crippen LogP contribution in [0.4, 0.5) is 4.79 Å². The highest BCUT2D eigenvalue weighted by Gasteiger charge is 2.35. The quantitative estimate of drug-likeness (QED) is 0.729. The summed E-state index contributed by atoms with van der Waals surface area (Å²) in [6.07, 6.45) is 0.111. The average molecular weight is 295 g/mol. The highest BCUT2D eigenvalue weighted by atomic mass is 16.6. The number of rotatable bonds is 2. The SMILES string of the molecule is CC(=O)N1C(=O)OC[C@H]1Cc1ccccc1.c1cc2cc-2c1. The Kier molecular flexibility index (Phi) is 3.92. The maximum atomic E-state index is 11.3. The molecule has 1 aromatic rings. The monoisotopic (exact) mass is 295 g/mol. The molecule has 0 bridgehead atoms. The predicted octanol–water partition coefficient (Wildman–Crippen LogP) is 3.26. The number of benzene rings is 2. The zero-order chi connectivity index (χ0) is 15.5. The normalized spacial score (nSPS) is 17.4. The summed E-state index contributed by atoms with van der Waals surface area (Å²) in [5.74, 6) is -0.261. The van der Waals surface area contributed by atoms with Crippen LogP contribution in [-0.2, 0) is 16.0 Å². The van der Waals surface area contributed by atoms with Crippen LogP contribution in [0.1, 0.15) is 12.5 Å². The van der Waals surface area contributed by atoms with E-state index in [1.807, 2.05) is 30.3 Å². The maximum Gasteiger partial charge on any atom is 0.416 e. The van der Waals surface area contributed by atoms with Gasteiger partial charge in [-0.25, -0.2) is 9.69 Å². The molecule has 1 atom stereocenters. The summed E-state index contributed by atoms with van der Waals surface area (Å²) in [5.41, 5.74) is 3.95. The second kappa shape index (κ2) is 6.02. The predicted molar refractivity (Wildman–Crippen MR) is 83.2 cm³/mol. The van der Waals surface area contributed by atoms with Gasteiger partial charge in [-0.15, -0.1) is 0 Å². The van der Waals surface area contributed by atoms with Crippen molar-refractivity contribution in [1.29, 1.82) is 0 Å². The molecule has 112 valence electrons. The van der Waals surface area contributed by atoms with Crippen molar-refractivity contribution in [3.05, 3.63) is 60.2 Å². The summed E-state index contributed by atoms with van der Waals surface area (Å²) in [4.78, 5) is 23.8. The number of carbonyl (C=O) groups excluding carboxylic acids is 2. The fraction of sp³-hybridized carbons (Fsp3) is 0.222. The molecule has 4 nitrogen and oxygen atoms in total. The Hall–Kier alpha value is -2.62. The third-order valence-corrected chi connectivity index (χ3v) is 3.73. The molecule has 3 aliphatic rings. The van der Waals surface area contributed by atoms with E-state index in [1.54, 1.807) is 0 Å². The van der Waals surface area contributed by atoms with Crippen molar-refractivity contribution < 1.29 is 14.3 Å². The highest BCUT2D eigenvalue weighted by Crippen LogP contribution is 2.32. The van der Waals surface area contributed by atoms with E-state index in [0.29, 0.717) is 6.42 Å². The number of fused-ring (bicyclic) bond motifs is 1. The second-order valence-electron chi connectivity index (χ2n) is 5.39. The lowest BCUT2D eigenvalue weighted by atomic mass is 10.1. The minimum absolute atomic E-state index is 0.174. The summed E-state index contributed by atoms with van der Waals surface area (Å²) in [6.45, 7) is 1.66. The fourth-order valence-corrected chi connectivity index (χ4v) is 2.56. The van der Waals surface area contributed by atoms with Crippen molar-refractivity contribution in [3.63, 3.8) is 0 Å². The van der Waals surface area contributed by atoms with Gasteiger partial charge in [0.2, 0.25) is 5.91 Å². The molecular weight excluding hydrogens is 278 g/mol. The molecular formula is C18H17NO3. The number of hydrogen-bond donors (Lipinski definition) is 0. The number of imide groups is 1. The molecule has 2 aliphatic carbocycles. The zero-order valence-corrected chi connectivity index (χ0v) is 12.4. The molecule has 0 N–H and O–H groups in total. The minimum Gasteiger partial charge on any atom is -0.447 e. The van der Waals surface area contributed by atoms with Gasteiger partial charge in [0.1, 0.15) is 6.61 Å². The number of nitrogens with zero attached hydrogens (tertiary/aromatic N) is 1. The van der Waals surface area contributed by atoms with Crippen LogP contribution in [0.2, 0.25) is 0 Å². The molecule has 2 amide bonds. The smallest absolute Gasteiger partial charge is 0.416 e. The Balaban J connectivity index is 0.000000196. The van der Waals surface area contributed by atoms with Crippen LogP contribution in [0.15, 0.2) is 54.6 Å². The Morgan fingerprint density at radius 1 is 1.14 bits per heavy atom. The molecule has 4 rings (SSSR count). The Labute approximate surface area is 129 Å². The van der Waals surface area contributed by atoms with Gasteiger partial charge in [0.15, 0.2) is 0 Å². The molecule has 1 fully saturated rings. The van der Waals surface area contributed by atoms with Crippen molar-refractivity contribution in [3.8, 4) is 11.1 Å². The van der Waals surface area contributed by atoms with E-state index in [4.69, 9.17) is 4.74 Å². The molecule has 1 saturated heterocycles. The fourth-order valence-electron chi connectivity index (χ4n) is 2.56. The van der Waals surface area contributed by atoms with Gasteiger partial charge in [-0.1, -0.05) is 48.5 Å². The topological polar surface area (TPSA) is 46.6 Å². The van der Waals surface area contributed by atoms with Crippen molar-refractivity contribution >= 4 is 12.0 Å². The molecule has 1 aliphatic heterocycles. The highest BCUT2D eigenvalue weighted by molar-refractivity contribution is 5.92. The molecule has 0 radical (unpaired) electrons. The summed E-state index contributed by atoms with van der Waals surface area (Å²) >= 11 is 0. The molecule has 0 saturated carbocycles. The van der Waals surface area contributed by atoms with Crippen LogP contribution in [0.3, 0.4) is 0 Å². The summed E-state index contributed by atoms with van der Waals surface area (Å²) in [6, 6.07) is 18.1. The number of amides is 2. The lowest BCUT2D eigenvalue weighted by Crippen LogP contribution is -2.38. The van der Waals surface area contributed by atoms with Crippen LogP contribution in [0.25, 0.3) is 11.1 Å². The van der Waals surface area contributed by atoms with Gasteiger partial charge in [-0.2, -0.15) is 0 Å². The molecule has 0 aromatic heterocycles. The Bertz CT molecular complexity index is 679. The first-order valence-electron chi connectivity index (χ1n) is 7.26. The number of cyclic esters (lactones) is 1. The van der Waals surface area contributed by atoms with E-state index in [9.17, 15) is 9.59 Å². The van der Waals surface area contributed by atoms with Gasteiger partial charge in [0, 0.05) is 6.92 Å². The van der Waals surface area contributed by atoms with Crippen LogP contribution in [-0.4, -0.2) is 29.5 Å². The second-order valence-corrected chi connectivity index (χ2v) is 5.39. The number of hydrogen-bond acceptors (Lipinski definition) is 3. The van der Waals surface area contributed by atoms with E-state index in [0.717, 1.165) is 5.56 Å². The van der Waals surface area contributed by atoms with E-state index < -0.39 is 6.09 Å². The summed E-state index contributed by atoms with van der Waals surface area (Å²) in [5, 5.41) is 0. The Morgan fingerprint density at radius 3 is 2.32 bits per heavy atom. The van der Waals surface area contributed by atoms with Crippen LogP contribution in [0.5, 0.6) is 0 Å². The Morgan fingerprint density at radius 2 is 1.82 bits per heavy atom. The van der Waals surface area contributed by atoms with Crippen LogP contribution in [0, 0.1) is 0 Å². The van der Waals surface area contributed by atoms with Crippen LogP contribution < -0.4 is 0 Å². The third-order valence-electron chi connectivity index (χ3n) is 3.73. The minimum atomic E-state index is -0.534. The van der Waals surface area contributed by atoms with Gasteiger partial charge in [0.25, 0.3) is 0 Å². The van der Waals surface area contributed by atoms with Crippen molar-refractivity contribution in [2.45, 2.75) is 19.4 Å². The zero-order valence-electron chi connectivity index (χ0n) is 12.4. The average Bonchev–Trinajstić information content (AvgIpc) is 2.92.